The summed E-state index contributed by atoms with van der Waals surface area (Å²) < 4.78 is 5.21. The fraction of sp³-hybridized carbons (Fsp3) is 0.133. The van der Waals surface area contributed by atoms with Gasteiger partial charge in [-0.25, -0.2) is 4.98 Å². The molecular weight excluding hydrogens is 246 g/mol. The number of methoxy groups -OCH3 is 1. The molecule has 2 nitrogen and oxygen atoms in total. The van der Waals surface area contributed by atoms with Crippen LogP contribution in [0.1, 0.15) is 5.56 Å². The number of hydrogen-bond acceptors (Lipinski definition) is 2. The third-order valence-electron chi connectivity index (χ3n) is 3.07. The number of pyridine rings is 1. The highest BCUT2D eigenvalue weighted by Crippen LogP contribution is 2.32. The van der Waals surface area contributed by atoms with Crippen molar-refractivity contribution in [2.75, 3.05) is 7.11 Å². The molecule has 0 spiro atoms. The van der Waals surface area contributed by atoms with Gasteiger partial charge in [0.2, 0.25) is 0 Å². The van der Waals surface area contributed by atoms with Gasteiger partial charge in [0, 0.05) is 16.8 Å². The van der Waals surface area contributed by atoms with Gasteiger partial charge in [-0.15, -0.1) is 0 Å². The van der Waals surface area contributed by atoms with E-state index in [1.807, 2.05) is 43.3 Å². The van der Waals surface area contributed by atoms with Crippen molar-refractivity contribution >= 4 is 33.4 Å². The van der Waals surface area contributed by atoms with Crippen LogP contribution in [0.2, 0.25) is 5.02 Å². The number of rotatable bonds is 1. The first kappa shape index (κ1) is 11.3. The van der Waals surface area contributed by atoms with Crippen LogP contribution in [0, 0.1) is 6.92 Å². The number of fused-ring (bicyclic) bond motifs is 2. The van der Waals surface area contributed by atoms with E-state index >= 15 is 0 Å². The molecule has 0 bridgehead atoms. The van der Waals surface area contributed by atoms with Gasteiger partial charge in [-0.3, -0.25) is 0 Å². The van der Waals surface area contributed by atoms with E-state index in [-0.39, 0.29) is 0 Å². The Morgan fingerprint density at radius 1 is 1.00 bits per heavy atom. The van der Waals surface area contributed by atoms with Gasteiger partial charge in [0.15, 0.2) is 0 Å². The molecule has 0 radical (unpaired) electrons. The minimum atomic E-state index is 0.748. The summed E-state index contributed by atoms with van der Waals surface area (Å²) in [5.41, 5.74) is 2.95. The van der Waals surface area contributed by atoms with Crippen molar-refractivity contribution in [3.05, 3.63) is 47.0 Å². The van der Waals surface area contributed by atoms with Crippen molar-refractivity contribution in [2.24, 2.45) is 0 Å². The zero-order valence-electron chi connectivity index (χ0n) is 10.2. The largest absolute Gasteiger partial charge is 0.497 e. The van der Waals surface area contributed by atoms with Crippen LogP contribution in [0.5, 0.6) is 5.75 Å². The van der Waals surface area contributed by atoms with Crippen LogP contribution >= 0.6 is 11.6 Å². The Kier molecular flexibility index (Phi) is 2.60. The molecule has 0 aliphatic carbocycles. The number of benzene rings is 2. The van der Waals surface area contributed by atoms with Gasteiger partial charge < -0.3 is 4.74 Å². The number of hydrogen-bond donors (Lipinski definition) is 0. The lowest BCUT2D eigenvalue weighted by Crippen LogP contribution is -1.88. The standard InChI is InChI=1S/C15H12ClNO/c1-9-3-5-11-13(7-9)17-14-8-10(18-2)4-6-12(14)15(11)16/h3-8H,1-2H3. The summed E-state index contributed by atoms with van der Waals surface area (Å²) in [5.74, 6) is 0.790. The second-order valence-corrected chi connectivity index (χ2v) is 4.71. The molecule has 1 heterocycles. The molecule has 0 aliphatic rings. The van der Waals surface area contributed by atoms with Gasteiger partial charge in [0.1, 0.15) is 5.75 Å². The van der Waals surface area contributed by atoms with E-state index in [0.29, 0.717) is 0 Å². The quantitative estimate of drug-likeness (QED) is 0.605. The molecule has 1 aromatic heterocycles. The predicted molar refractivity (Wildman–Crippen MR) is 75.5 cm³/mol. The third-order valence-corrected chi connectivity index (χ3v) is 3.48. The lowest BCUT2D eigenvalue weighted by atomic mass is 10.1. The van der Waals surface area contributed by atoms with Gasteiger partial charge in [-0.05, 0) is 30.7 Å². The maximum atomic E-state index is 6.44. The Hall–Kier alpha value is -1.80. The van der Waals surface area contributed by atoms with Crippen molar-refractivity contribution in [1.29, 1.82) is 0 Å². The first-order chi connectivity index (χ1) is 8.69. The predicted octanol–water partition coefficient (Wildman–Crippen LogP) is 4.36. The number of ether oxygens (including phenoxy) is 1. The molecule has 2 aromatic carbocycles. The zero-order valence-corrected chi connectivity index (χ0v) is 11.0. The molecular formula is C15H12ClNO. The molecule has 0 saturated heterocycles. The van der Waals surface area contributed by atoms with Crippen LogP contribution in [0.3, 0.4) is 0 Å². The Bertz CT molecular complexity index is 752. The summed E-state index contributed by atoms with van der Waals surface area (Å²) in [5, 5.41) is 2.69. The molecule has 0 saturated carbocycles. The molecule has 0 unspecified atom stereocenters. The first-order valence-electron chi connectivity index (χ1n) is 5.72. The highest BCUT2D eigenvalue weighted by atomic mass is 35.5. The third kappa shape index (κ3) is 1.70. The summed E-state index contributed by atoms with van der Waals surface area (Å²) in [7, 11) is 1.65. The van der Waals surface area contributed by atoms with Crippen LogP contribution in [0.15, 0.2) is 36.4 Å². The van der Waals surface area contributed by atoms with E-state index in [4.69, 9.17) is 16.3 Å². The molecule has 0 aliphatic heterocycles. The number of nitrogens with zero attached hydrogens (tertiary/aromatic N) is 1. The van der Waals surface area contributed by atoms with Crippen LogP contribution in [-0.4, -0.2) is 12.1 Å². The average molecular weight is 258 g/mol. The monoisotopic (exact) mass is 257 g/mol. The maximum Gasteiger partial charge on any atom is 0.121 e. The van der Waals surface area contributed by atoms with Gasteiger partial charge >= 0.3 is 0 Å². The lowest BCUT2D eigenvalue weighted by molar-refractivity contribution is 0.415. The fourth-order valence-corrected chi connectivity index (χ4v) is 2.43. The van der Waals surface area contributed by atoms with E-state index in [9.17, 15) is 0 Å². The first-order valence-corrected chi connectivity index (χ1v) is 6.10. The van der Waals surface area contributed by atoms with Crippen molar-refractivity contribution in [3.63, 3.8) is 0 Å². The Balaban J connectivity index is 2.44. The van der Waals surface area contributed by atoms with Crippen molar-refractivity contribution in [3.8, 4) is 5.75 Å². The average Bonchev–Trinajstić information content (AvgIpc) is 2.38. The highest BCUT2D eigenvalue weighted by Gasteiger charge is 2.08. The van der Waals surface area contributed by atoms with Gasteiger partial charge in [-0.2, -0.15) is 0 Å². The molecule has 3 aromatic rings. The van der Waals surface area contributed by atoms with E-state index < -0.39 is 0 Å². The molecule has 0 fully saturated rings. The molecule has 0 amide bonds. The summed E-state index contributed by atoms with van der Waals surface area (Å²) in [6.45, 7) is 2.05. The summed E-state index contributed by atoms with van der Waals surface area (Å²) in [6.07, 6.45) is 0. The topological polar surface area (TPSA) is 22.1 Å². The molecule has 90 valence electrons. The number of halogens is 1. The summed E-state index contributed by atoms with van der Waals surface area (Å²) >= 11 is 6.44. The molecule has 18 heavy (non-hydrogen) atoms. The lowest BCUT2D eigenvalue weighted by Gasteiger charge is -2.07. The van der Waals surface area contributed by atoms with Crippen LogP contribution in [-0.2, 0) is 0 Å². The smallest absolute Gasteiger partial charge is 0.121 e. The minimum Gasteiger partial charge on any atom is -0.497 e. The van der Waals surface area contributed by atoms with Crippen LogP contribution in [0.4, 0.5) is 0 Å². The Morgan fingerprint density at radius 3 is 2.39 bits per heavy atom. The number of aryl methyl sites for hydroxylation is 1. The van der Waals surface area contributed by atoms with Crippen molar-refractivity contribution in [2.45, 2.75) is 6.92 Å². The minimum absolute atomic E-state index is 0.748. The maximum absolute atomic E-state index is 6.44. The molecule has 3 heteroatoms. The second kappa shape index (κ2) is 4.14. The Labute approximate surface area is 110 Å². The van der Waals surface area contributed by atoms with Gasteiger partial charge in [0.05, 0.1) is 23.2 Å². The van der Waals surface area contributed by atoms with E-state index in [1.54, 1.807) is 7.11 Å². The van der Waals surface area contributed by atoms with E-state index in [1.165, 1.54) is 5.56 Å². The van der Waals surface area contributed by atoms with E-state index in [0.717, 1.165) is 32.6 Å². The van der Waals surface area contributed by atoms with Crippen LogP contribution in [0.25, 0.3) is 21.8 Å². The second-order valence-electron chi connectivity index (χ2n) is 4.33. The highest BCUT2D eigenvalue weighted by molar-refractivity contribution is 6.40. The van der Waals surface area contributed by atoms with Crippen molar-refractivity contribution in [1.82, 2.24) is 4.98 Å². The summed E-state index contributed by atoms with van der Waals surface area (Å²) in [6, 6.07) is 11.9. The van der Waals surface area contributed by atoms with Crippen molar-refractivity contribution < 1.29 is 4.74 Å². The number of aromatic nitrogens is 1. The zero-order chi connectivity index (χ0) is 12.7. The Morgan fingerprint density at radius 2 is 1.67 bits per heavy atom. The molecule has 0 N–H and O–H groups in total. The fourth-order valence-electron chi connectivity index (χ4n) is 2.11. The SMILES string of the molecule is COc1ccc2c(Cl)c3ccc(C)cc3nc2c1. The molecule has 0 atom stereocenters. The van der Waals surface area contributed by atoms with Gasteiger partial charge in [0.25, 0.3) is 0 Å². The van der Waals surface area contributed by atoms with E-state index in [2.05, 4.69) is 4.98 Å². The van der Waals surface area contributed by atoms with Gasteiger partial charge in [-0.1, -0.05) is 23.7 Å². The normalized spacial score (nSPS) is 11.1. The molecule has 3 rings (SSSR count). The van der Waals surface area contributed by atoms with Crippen LogP contribution < -0.4 is 4.74 Å². The summed E-state index contributed by atoms with van der Waals surface area (Å²) in [4.78, 5) is 4.64.